The molecule has 0 spiro atoms. The van der Waals surface area contributed by atoms with Gasteiger partial charge in [0.1, 0.15) is 0 Å². The summed E-state index contributed by atoms with van der Waals surface area (Å²) in [4.78, 5) is 12.9. The predicted molar refractivity (Wildman–Crippen MR) is 48.8 cm³/mol. The Hall–Kier alpha value is -0.570. The van der Waals surface area contributed by atoms with Crippen molar-refractivity contribution in [3.63, 3.8) is 0 Å². The maximum absolute atomic E-state index is 11.3. The average Bonchev–Trinajstić information content (AvgIpc) is 1.84. The molecule has 0 saturated heterocycles. The molecule has 0 rings (SSSR count). The molecule has 1 amide bonds. The largest absolute Gasteiger partial charge is 0.392 e. The van der Waals surface area contributed by atoms with E-state index in [-0.39, 0.29) is 5.91 Å². The fourth-order valence-corrected chi connectivity index (χ4v) is 1.00. The van der Waals surface area contributed by atoms with Crippen molar-refractivity contribution >= 4 is 5.91 Å². The van der Waals surface area contributed by atoms with Crippen molar-refractivity contribution in [2.45, 2.75) is 33.3 Å². The van der Waals surface area contributed by atoms with Gasteiger partial charge in [-0.1, -0.05) is 13.8 Å². The smallest absolute Gasteiger partial charge is 0.222 e. The van der Waals surface area contributed by atoms with Crippen LogP contribution >= 0.6 is 0 Å². The highest BCUT2D eigenvalue weighted by molar-refractivity contribution is 5.76. The molecule has 0 saturated carbocycles. The molecule has 12 heavy (non-hydrogen) atoms. The predicted octanol–water partition coefficient (Wildman–Crippen LogP) is 0.872. The van der Waals surface area contributed by atoms with E-state index >= 15 is 0 Å². The number of hydrogen-bond donors (Lipinski definition) is 1. The van der Waals surface area contributed by atoms with Gasteiger partial charge in [-0.3, -0.25) is 4.79 Å². The number of carbonyl (C=O) groups excluding carboxylic acids is 1. The van der Waals surface area contributed by atoms with Gasteiger partial charge >= 0.3 is 0 Å². The van der Waals surface area contributed by atoms with Crippen molar-refractivity contribution in [2.24, 2.45) is 5.92 Å². The molecule has 0 aromatic rings. The highest BCUT2D eigenvalue weighted by Crippen LogP contribution is 2.02. The summed E-state index contributed by atoms with van der Waals surface area (Å²) in [7, 11) is 1.72. The molecule has 0 fully saturated rings. The van der Waals surface area contributed by atoms with Crippen molar-refractivity contribution < 1.29 is 9.90 Å². The average molecular weight is 173 g/mol. The third-order valence-corrected chi connectivity index (χ3v) is 1.55. The van der Waals surface area contributed by atoms with Gasteiger partial charge in [0, 0.05) is 20.0 Å². The Bertz CT molecular complexity index is 143. The molecule has 3 nitrogen and oxygen atoms in total. The van der Waals surface area contributed by atoms with Crippen molar-refractivity contribution in [3.05, 3.63) is 0 Å². The van der Waals surface area contributed by atoms with Crippen LogP contribution in [0.2, 0.25) is 0 Å². The molecule has 0 aliphatic rings. The molecule has 72 valence electrons. The van der Waals surface area contributed by atoms with Gasteiger partial charge in [-0.2, -0.15) is 0 Å². The molecule has 0 heterocycles. The van der Waals surface area contributed by atoms with Gasteiger partial charge in [-0.15, -0.1) is 0 Å². The normalized spacial score (nSPS) is 13.2. The summed E-state index contributed by atoms with van der Waals surface area (Å²) >= 11 is 0. The van der Waals surface area contributed by atoms with E-state index in [9.17, 15) is 4.79 Å². The zero-order valence-electron chi connectivity index (χ0n) is 8.37. The van der Waals surface area contributed by atoms with Crippen molar-refractivity contribution in [1.82, 2.24) is 4.90 Å². The van der Waals surface area contributed by atoms with E-state index in [4.69, 9.17) is 5.11 Å². The molecule has 0 aromatic heterocycles. The standard InChI is InChI=1S/C9H19NO2/c1-7(2)5-9(12)10(4)6-8(3)11/h7-8,11H,5-6H2,1-4H3. The second-order valence-corrected chi connectivity index (χ2v) is 3.72. The van der Waals surface area contributed by atoms with Crippen LogP contribution in [0, 0.1) is 5.92 Å². The Labute approximate surface area is 74.4 Å². The molecule has 0 aliphatic heterocycles. The minimum Gasteiger partial charge on any atom is -0.392 e. The monoisotopic (exact) mass is 173 g/mol. The molecule has 1 unspecified atom stereocenters. The van der Waals surface area contributed by atoms with Crippen molar-refractivity contribution in [1.29, 1.82) is 0 Å². The summed E-state index contributed by atoms with van der Waals surface area (Å²) in [5.41, 5.74) is 0. The lowest BCUT2D eigenvalue weighted by Gasteiger charge is -2.19. The van der Waals surface area contributed by atoms with Gasteiger partial charge in [0.05, 0.1) is 6.10 Å². The Morgan fingerprint density at radius 2 is 1.92 bits per heavy atom. The molecule has 0 bridgehead atoms. The van der Waals surface area contributed by atoms with E-state index in [1.165, 1.54) is 0 Å². The summed E-state index contributed by atoms with van der Waals surface area (Å²) in [6, 6.07) is 0. The third-order valence-electron chi connectivity index (χ3n) is 1.55. The van der Waals surface area contributed by atoms with Gasteiger partial charge in [0.25, 0.3) is 0 Å². The highest BCUT2D eigenvalue weighted by atomic mass is 16.3. The first-order chi connectivity index (χ1) is 5.43. The topological polar surface area (TPSA) is 40.5 Å². The quantitative estimate of drug-likeness (QED) is 0.685. The number of likely N-dealkylation sites (N-methyl/N-ethyl adjacent to an activating group) is 1. The fourth-order valence-electron chi connectivity index (χ4n) is 1.00. The zero-order valence-corrected chi connectivity index (χ0v) is 8.37. The van der Waals surface area contributed by atoms with Gasteiger partial charge in [-0.25, -0.2) is 0 Å². The summed E-state index contributed by atoms with van der Waals surface area (Å²) in [6.07, 6.45) is 0.120. The molecule has 0 aliphatic carbocycles. The molecule has 0 aromatic carbocycles. The summed E-state index contributed by atoms with van der Waals surface area (Å²) in [6.45, 7) is 6.12. The molecular weight excluding hydrogens is 154 g/mol. The number of hydrogen-bond acceptors (Lipinski definition) is 2. The number of rotatable bonds is 4. The van der Waals surface area contributed by atoms with E-state index in [0.717, 1.165) is 0 Å². The Kier molecular flexibility index (Phi) is 4.90. The summed E-state index contributed by atoms with van der Waals surface area (Å²) in [5.74, 6) is 0.486. The van der Waals surface area contributed by atoms with Crippen LogP contribution in [0.3, 0.4) is 0 Å². The molecule has 1 atom stereocenters. The van der Waals surface area contributed by atoms with E-state index in [1.54, 1.807) is 18.9 Å². The number of amides is 1. The van der Waals surface area contributed by atoms with Crippen molar-refractivity contribution in [3.8, 4) is 0 Å². The number of carbonyl (C=O) groups is 1. The molecule has 3 heteroatoms. The Balaban J connectivity index is 3.77. The van der Waals surface area contributed by atoms with Gasteiger partial charge < -0.3 is 10.0 Å². The number of nitrogens with zero attached hydrogens (tertiary/aromatic N) is 1. The molecule has 1 N–H and O–H groups in total. The van der Waals surface area contributed by atoms with E-state index in [2.05, 4.69) is 0 Å². The zero-order chi connectivity index (χ0) is 9.72. The minimum absolute atomic E-state index is 0.103. The van der Waals surface area contributed by atoms with Crippen LogP contribution in [-0.2, 0) is 4.79 Å². The first-order valence-corrected chi connectivity index (χ1v) is 4.35. The number of aliphatic hydroxyl groups excluding tert-OH is 1. The second-order valence-electron chi connectivity index (χ2n) is 3.72. The van der Waals surface area contributed by atoms with Crippen LogP contribution < -0.4 is 0 Å². The first-order valence-electron chi connectivity index (χ1n) is 4.35. The lowest BCUT2D eigenvalue weighted by molar-refractivity contribution is -0.131. The first kappa shape index (κ1) is 11.4. The van der Waals surface area contributed by atoms with E-state index < -0.39 is 6.10 Å². The maximum atomic E-state index is 11.3. The molecule has 0 radical (unpaired) electrons. The van der Waals surface area contributed by atoms with Gasteiger partial charge in [0.2, 0.25) is 5.91 Å². The lowest BCUT2D eigenvalue weighted by Crippen LogP contribution is -2.33. The van der Waals surface area contributed by atoms with E-state index in [1.807, 2.05) is 13.8 Å². The third kappa shape index (κ3) is 5.13. The second kappa shape index (κ2) is 5.14. The van der Waals surface area contributed by atoms with Crippen LogP contribution in [0.25, 0.3) is 0 Å². The fraction of sp³-hybridized carbons (Fsp3) is 0.889. The van der Waals surface area contributed by atoms with Crippen LogP contribution in [-0.4, -0.2) is 35.6 Å². The maximum Gasteiger partial charge on any atom is 0.222 e. The number of aliphatic hydroxyl groups is 1. The summed E-state index contributed by atoms with van der Waals surface area (Å²) in [5, 5.41) is 9.01. The molecular formula is C9H19NO2. The van der Waals surface area contributed by atoms with Crippen molar-refractivity contribution in [2.75, 3.05) is 13.6 Å². The van der Waals surface area contributed by atoms with Gasteiger partial charge in [0.15, 0.2) is 0 Å². The Morgan fingerprint density at radius 1 is 1.42 bits per heavy atom. The van der Waals surface area contributed by atoms with Crippen LogP contribution in [0.1, 0.15) is 27.2 Å². The van der Waals surface area contributed by atoms with Crippen LogP contribution in [0.5, 0.6) is 0 Å². The lowest BCUT2D eigenvalue weighted by atomic mass is 10.1. The van der Waals surface area contributed by atoms with E-state index in [0.29, 0.717) is 18.9 Å². The van der Waals surface area contributed by atoms with Gasteiger partial charge in [-0.05, 0) is 12.8 Å². The van der Waals surface area contributed by atoms with Crippen LogP contribution in [0.4, 0.5) is 0 Å². The minimum atomic E-state index is -0.439. The summed E-state index contributed by atoms with van der Waals surface area (Å²) < 4.78 is 0. The van der Waals surface area contributed by atoms with Crippen LogP contribution in [0.15, 0.2) is 0 Å². The highest BCUT2D eigenvalue weighted by Gasteiger charge is 2.11. The SMILES string of the molecule is CC(C)CC(=O)N(C)CC(C)O. The Morgan fingerprint density at radius 3 is 2.25 bits per heavy atom.